The lowest BCUT2D eigenvalue weighted by Crippen LogP contribution is -2.33. The summed E-state index contributed by atoms with van der Waals surface area (Å²) in [5, 5.41) is 10.4. The fraction of sp³-hybridized carbons (Fsp3) is 0.417. The molecule has 1 aromatic heterocycles. The van der Waals surface area contributed by atoms with Gasteiger partial charge in [-0.2, -0.15) is 0 Å². The first-order chi connectivity index (χ1) is 15.1. The van der Waals surface area contributed by atoms with Gasteiger partial charge < -0.3 is 9.84 Å². The molecule has 0 spiro atoms. The quantitative estimate of drug-likeness (QED) is 0.598. The molecule has 4 rings (SSSR count). The average Bonchev–Trinajstić information content (AvgIpc) is 3.44. The molecule has 1 unspecified atom stereocenters. The lowest BCUT2D eigenvalue weighted by molar-refractivity contribution is 0.160. The summed E-state index contributed by atoms with van der Waals surface area (Å²) in [6.07, 6.45) is 4.49. The minimum Gasteiger partial charge on any atom is -0.496 e. The first kappa shape index (κ1) is 23.3. The zero-order valence-corrected chi connectivity index (χ0v) is 19.3. The Morgan fingerprint density at radius 1 is 1.10 bits per heavy atom. The molecular formula is C24H32N2O4S. The topological polar surface area (TPSA) is 71.8 Å². The molecule has 2 heterocycles. The van der Waals surface area contributed by atoms with Crippen molar-refractivity contribution in [2.45, 2.75) is 44.0 Å². The second-order valence-corrected chi connectivity index (χ2v) is 9.20. The maximum absolute atomic E-state index is 13.3. The number of fused-ring (bicyclic) bond motifs is 1. The Bertz CT molecular complexity index is 1090. The van der Waals surface area contributed by atoms with Crippen LogP contribution in [0, 0.1) is 0 Å². The van der Waals surface area contributed by atoms with Gasteiger partial charge in [0, 0.05) is 24.2 Å². The number of aliphatic hydroxyl groups is 1. The number of hydrogen-bond donors (Lipinski definition) is 1. The van der Waals surface area contributed by atoms with Crippen molar-refractivity contribution in [3.05, 3.63) is 60.3 Å². The molecular weight excluding hydrogens is 412 g/mol. The molecule has 6 nitrogen and oxygen atoms in total. The van der Waals surface area contributed by atoms with E-state index in [-0.39, 0.29) is 17.5 Å². The molecule has 7 heteroatoms. The standard InChI is InChI=1S/C22H26N2O4S.C2H6/c1-28-21-11-5-10-20-22(21)17(12-14-23-13-6-7-18(23)16-25)15-24(20)29(26,27)19-8-3-2-4-9-19;1-2/h2-5,8-11,15,18,25H,6-7,12-14,16H2,1H3;1-2H3. The Balaban J connectivity index is 0.00000132. The van der Waals surface area contributed by atoms with E-state index in [0.29, 0.717) is 17.7 Å². The number of aromatic nitrogens is 1. The zero-order chi connectivity index (χ0) is 22.4. The molecule has 1 saturated heterocycles. The van der Waals surface area contributed by atoms with Crippen molar-refractivity contribution in [1.82, 2.24) is 8.87 Å². The number of aliphatic hydroxyl groups excluding tert-OH is 1. The van der Waals surface area contributed by atoms with Gasteiger partial charge in [-0.1, -0.05) is 38.1 Å². The highest BCUT2D eigenvalue weighted by Crippen LogP contribution is 2.33. The van der Waals surface area contributed by atoms with Crippen molar-refractivity contribution in [2.24, 2.45) is 0 Å². The first-order valence-electron chi connectivity index (χ1n) is 10.9. The van der Waals surface area contributed by atoms with Crippen LogP contribution in [0.2, 0.25) is 0 Å². The average molecular weight is 445 g/mol. The number of ether oxygens (including phenoxy) is 1. The van der Waals surface area contributed by atoms with Crippen molar-refractivity contribution < 1.29 is 18.3 Å². The number of likely N-dealkylation sites (tertiary alicyclic amines) is 1. The maximum atomic E-state index is 13.3. The van der Waals surface area contributed by atoms with Gasteiger partial charge in [0.15, 0.2) is 0 Å². The van der Waals surface area contributed by atoms with Crippen LogP contribution >= 0.6 is 0 Å². The van der Waals surface area contributed by atoms with Crippen molar-refractivity contribution in [2.75, 3.05) is 26.8 Å². The zero-order valence-electron chi connectivity index (χ0n) is 18.5. The highest BCUT2D eigenvalue weighted by Gasteiger charge is 2.26. The Morgan fingerprint density at radius 3 is 2.52 bits per heavy atom. The largest absolute Gasteiger partial charge is 0.496 e. The highest BCUT2D eigenvalue weighted by atomic mass is 32.2. The van der Waals surface area contributed by atoms with Gasteiger partial charge in [-0.3, -0.25) is 4.90 Å². The number of hydrogen-bond acceptors (Lipinski definition) is 5. The fourth-order valence-electron chi connectivity index (χ4n) is 4.23. The van der Waals surface area contributed by atoms with Crippen LogP contribution in [0.4, 0.5) is 0 Å². The van der Waals surface area contributed by atoms with Crippen LogP contribution < -0.4 is 4.74 Å². The molecule has 2 aromatic carbocycles. The Kier molecular flexibility index (Phi) is 7.75. The van der Waals surface area contributed by atoms with Gasteiger partial charge in [0.2, 0.25) is 0 Å². The molecule has 3 aromatic rings. The summed E-state index contributed by atoms with van der Waals surface area (Å²) in [5.74, 6) is 0.666. The SMILES string of the molecule is CC.COc1cccc2c1c(CCN1CCCC1CO)cn2S(=O)(=O)c1ccccc1. The molecule has 1 atom stereocenters. The third-order valence-corrected chi connectivity index (χ3v) is 7.42. The molecule has 0 aliphatic carbocycles. The van der Waals surface area contributed by atoms with Gasteiger partial charge in [-0.25, -0.2) is 12.4 Å². The molecule has 1 N–H and O–H groups in total. The van der Waals surface area contributed by atoms with E-state index < -0.39 is 10.0 Å². The number of benzene rings is 2. The Hall–Kier alpha value is -2.35. The Morgan fingerprint density at radius 2 is 1.84 bits per heavy atom. The van der Waals surface area contributed by atoms with Crippen molar-refractivity contribution >= 4 is 20.9 Å². The maximum Gasteiger partial charge on any atom is 0.268 e. The van der Waals surface area contributed by atoms with Crippen LogP contribution in [-0.2, 0) is 16.4 Å². The molecule has 0 radical (unpaired) electrons. The Labute approximate surface area is 185 Å². The minimum atomic E-state index is -3.71. The molecule has 0 amide bonds. The summed E-state index contributed by atoms with van der Waals surface area (Å²) in [6, 6.07) is 14.1. The summed E-state index contributed by atoms with van der Waals surface area (Å²) in [6.45, 7) is 5.89. The molecule has 31 heavy (non-hydrogen) atoms. The normalized spacial score (nSPS) is 16.8. The summed E-state index contributed by atoms with van der Waals surface area (Å²) in [4.78, 5) is 2.54. The highest BCUT2D eigenvalue weighted by molar-refractivity contribution is 7.90. The van der Waals surface area contributed by atoms with Gasteiger partial charge in [0.1, 0.15) is 5.75 Å². The van der Waals surface area contributed by atoms with E-state index in [1.165, 1.54) is 3.97 Å². The number of nitrogens with zero attached hydrogens (tertiary/aromatic N) is 2. The van der Waals surface area contributed by atoms with E-state index >= 15 is 0 Å². The fourth-order valence-corrected chi connectivity index (χ4v) is 5.63. The van der Waals surface area contributed by atoms with Gasteiger partial charge in [-0.15, -0.1) is 0 Å². The van der Waals surface area contributed by atoms with Gasteiger partial charge >= 0.3 is 0 Å². The second-order valence-electron chi connectivity index (χ2n) is 7.39. The van der Waals surface area contributed by atoms with Crippen LogP contribution in [-0.4, -0.2) is 55.2 Å². The monoisotopic (exact) mass is 444 g/mol. The van der Waals surface area contributed by atoms with Crippen LogP contribution in [0.3, 0.4) is 0 Å². The predicted octanol–water partition coefficient (Wildman–Crippen LogP) is 3.91. The smallest absolute Gasteiger partial charge is 0.268 e. The van der Waals surface area contributed by atoms with E-state index in [2.05, 4.69) is 4.90 Å². The van der Waals surface area contributed by atoms with Gasteiger partial charge in [0.05, 0.1) is 24.1 Å². The molecule has 0 saturated carbocycles. The molecule has 1 aliphatic rings. The van der Waals surface area contributed by atoms with E-state index in [9.17, 15) is 13.5 Å². The van der Waals surface area contributed by atoms with Crippen molar-refractivity contribution in [1.29, 1.82) is 0 Å². The van der Waals surface area contributed by atoms with E-state index in [4.69, 9.17) is 4.74 Å². The van der Waals surface area contributed by atoms with Crippen molar-refractivity contribution in [3.63, 3.8) is 0 Å². The third kappa shape index (κ3) is 4.63. The summed E-state index contributed by atoms with van der Waals surface area (Å²) in [7, 11) is -2.11. The van der Waals surface area contributed by atoms with Crippen LogP contribution in [0.5, 0.6) is 5.75 Å². The summed E-state index contributed by atoms with van der Waals surface area (Å²) < 4.78 is 33.5. The second kappa shape index (κ2) is 10.3. The van der Waals surface area contributed by atoms with Gasteiger partial charge in [-0.05, 0) is 55.6 Å². The summed E-state index contributed by atoms with van der Waals surface area (Å²) in [5.41, 5.74) is 1.55. The summed E-state index contributed by atoms with van der Waals surface area (Å²) >= 11 is 0. The van der Waals surface area contributed by atoms with Crippen LogP contribution in [0.15, 0.2) is 59.6 Å². The van der Waals surface area contributed by atoms with Crippen molar-refractivity contribution in [3.8, 4) is 5.75 Å². The lowest BCUT2D eigenvalue weighted by Gasteiger charge is -2.22. The molecule has 168 valence electrons. The predicted molar refractivity (Wildman–Crippen MR) is 124 cm³/mol. The number of methoxy groups -OCH3 is 1. The van der Waals surface area contributed by atoms with E-state index in [1.54, 1.807) is 43.6 Å². The van der Waals surface area contributed by atoms with Crippen LogP contribution in [0.25, 0.3) is 10.9 Å². The first-order valence-corrected chi connectivity index (χ1v) is 12.3. The van der Waals surface area contributed by atoms with E-state index in [1.807, 2.05) is 32.0 Å². The third-order valence-electron chi connectivity index (χ3n) is 5.73. The van der Waals surface area contributed by atoms with Gasteiger partial charge in [0.25, 0.3) is 10.0 Å². The number of rotatable bonds is 7. The van der Waals surface area contributed by atoms with E-state index in [0.717, 1.165) is 36.9 Å². The van der Waals surface area contributed by atoms with Crippen LogP contribution in [0.1, 0.15) is 32.3 Å². The molecule has 1 fully saturated rings. The lowest BCUT2D eigenvalue weighted by atomic mass is 10.1. The minimum absolute atomic E-state index is 0.160. The molecule has 1 aliphatic heterocycles. The molecule has 0 bridgehead atoms.